The van der Waals surface area contributed by atoms with Crippen LogP contribution < -0.4 is 4.74 Å². The van der Waals surface area contributed by atoms with Crippen LogP contribution >= 0.6 is 11.8 Å². The number of benzene rings is 2. The number of carbonyl (C=O) groups is 1. The first-order chi connectivity index (χ1) is 16.6. The van der Waals surface area contributed by atoms with Crippen molar-refractivity contribution < 1.29 is 14.3 Å². The highest BCUT2D eigenvalue weighted by atomic mass is 32.2. The maximum Gasteiger partial charge on any atom is 0.306 e. The Labute approximate surface area is 204 Å². The van der Waals surface area contributed by atoms with Gasteiger partial charge in [-0.1, -0.05) is 37.3 Å². The quantitative estimate of drug-likeness (QED) is 0.152. The summed E-state index contributed by atoms with van der Waals surface area (Å²) in [6.07, 6.45) is 4.89. The average Bonchev–Trinajstić information content (AvgIpc) is 3.26. The van der Waals surface area contributed by atoms with Crippen molar-refractivity contribution in [3.63, 3.8) is 0 Å². The average molecular weight is 476 g/mol. The van der Waals surface area contributed by atoms with Crippen LogP contribution in [0.1, 0.15) is 33.6 Å². The van der Waals surface area contributed by atoms with Gasteiger partial charge in [0.25, 0.3) is 0 Å². The second-order valence-electron chi connectivity index (χ2n) is 7.74. The van der Waals surface area contributed by atoms with Crippen LogP contribution in [-0.2, 0) is 9.53 Å². The number of carbonyl (C=O) groups excluding carboxylic acids is 1. The Kier molecular flexibility index (Phi) is 7.85. The topological polar surface area (TPSA) is 66.2 Å². The lowest BCUT2D eigenvalue weighted by atomic mass is 10.1. The number of thioether (sulfide) groups is 1. The Hall–Kier alpha value is -3.32. The zero-order valence-corrected chi connectivity index (χ0v) is 20.5. The molecule has 6 nitrogen and oxygen atoms in total. The number of nitrogens with zero attached hydrogens (tertiary/aromatic N) is 3. The summed E-state index contributed by atoms with van der Waals surface area (Å²) in [5, 5.41) is 1.91. The Morgan fingerprint density at radius 1 is 1.00 bits per heavy atom. The second kappa shape index (κ2) is 11.2. The summed E-state index contributed by atoms with van der Waals surface area (Å²) < 4.78 is 12.9. The number of hydrogen-bond acceptors (Lipinski definition) is 6. The molecule has 4 rings (SSSR count). The molecule has 1 unspecified atom stereocenters. The molecule has 0 aliphatic heterocycles. The molecule has 34 heavy (non-hydrogen) atoms. The standard InChI is InChI=1S/C27H29N3O3S/c1-4-22(16-24(31)33-6-3)34-27-25-23(19-10-8-7-9-11-19)17-30(26(25)28-18-29-27)20-12-14-21(15-13-20)32-5-2/h7-15,17-18,22H,4-6,16H2,1-3H3. The van der Waals surface area contributed by atoms with Crippen LogP contribution in [0.2, 0.25) is 0 Å². The number of fused-ring (bicyclic) bond motifs is 1. The molecule has 2 aromatic carbocycles. The maximum absolute atomic E-state index is 12.1. The van der Waals surface area contributed by atoms with E-state index in [0.29, 0.717) is 19.6 Å². The van der Waals surface area contributed by atoms with Gasteiger partial charge in [-0.2, -0.15) is 0 Å². The lowest BCUT2D eigenvalue weighted by molar-refractivity contribution is -0.143. The lowest BCUT2D eigenvalue weighted by Crippen LogP contribution is -2.13. The molecule has 0 saturated carbocycles. The fourth-order valence-electron chi connectivity index (χ4n) is 3.86. The van der Waals surface area contributed by atoms with Crippen LogP contribution in [0, 0.1) is 0 Å². The van der Waals surface area contributed by atoms with Crippen LogP contribution in [-0.4, -0.2) is 39.0 Å². The first kappa shape index (κ1) is 23.8. The van der Waals surface area contributed by atoms with Crippen molar-refractivity contribution in [1.29, 1.82) is 0 Å². The molecular formula is C27H29N3O3S. The molecule has 176 valence electrons. The number of rotatable bonds is 10. The largest absolute Gasteiger partial charge is 0.494 e. The van der Waals surface area contributed by atoms with Gasteiger partial charge in [0.05, 0.1) is 25.0 Å². The van der Waals surface area contributed by atoms with Gasteiger partial charge in [-0.15, -0.1) is 11.8 Å². The third kappa shape index (κ3) is 5.25. The summed E-state index contributed by atoms with van der Waals surface area (Å²) in [4.78, 5) is 21.4. The molecule has 0 aliphatic rings. The molecule has 0 radical (unpaired) electrons. The van der Waals surface area contributed by atoms with Gasteiger partial charge in [-0.25, -0.2) is 9.97 Å². The predicted octanol–water partition coefficient (Wildman–Crippen LogP) is 6.31. The SMILES string of the molecule is CCOC(=O)CC(CC)Sc1ncnc2c1c(-c1ccccc1)cn2-c1ccc(OCC)cc1. The molecular weight excluding hydrogens is 446 g/mol. The molecule has 2 heterocycles. The minimum absolute atomic E-state index is 0.0644. The molecule has 1 atom stereocenters. The third-order valence-electron chi connectivity index (χ3n) is 5.49. The van der Waals surface area contributed by atoms with E-state index >= 15 is 0 Å². The van der Waals surface area contributed by atoms with Crippen molar-refractivity contribution in [3.8, 4) is 22.6 Å². The molecule has 2 aromatic heterocycles. The van der Waals surface area contributed by atoms with Gasteiger partial charge in [0.1, 0.15) is 22.7 Å². The van der Waals surface area contributed by atoms with E-state index in [1.165, 1.54) is 0 Å². The summed E-state index contributed by atoms with van der Waals surface area (Å²) in [5.41, 5.74) is 3.96. The van der Waals surface area contributed by atoms with Gasteiger partial charge in [0, 0.05) is 22.7 Å². The van der Waals surface area contributed by atoms with Gasteiger partial charge in [-0.05, 0) is 50.1 Å². The van der Waals surface area contributed by atoms with E-state index in [9.17, 15) is 4.79 Å². The molecule has 0 N–H and O–H groups in total. The minimum Gasteiger partial charge on any atom is -0.494 e. The summed E-state index contributed by atoms with van der Waals surface area (Å²) in [6, 6.07) is 18.3. The van der Waals surface area contributed by atoms with E-state index in [2.05, 4.69) is 39.8 Å². The number of ether oxygens (including phenoxy) is 2. The van der Waals surface area contributed by atoms with Crippen molar-refractivity contribution in [2.45, 2.75) is 43.9 Å². The molecule has 0 fully saturated rings. The Morgan fingerprint density at radius 2 is 1.76 bits per heavy atom. The highest BCUT2D eigenvalue weighted by Crippen LogP contribution is 2.39. The van der Waals surface area contributed by atoms with Crippen molar-refractivity contribution in [2.24, 2.45) is 0 Å². The Morgan fingerprint density at radius 3 is 2.44 bits per heavy atom. The van der Waals surface area contributed by atoms with Gasteiger partial charge < -0.3 is 14.0 Å². The summed E-state index contributed by atoms with van der Waals surface area (Å²) in [5.74, 6) is 0.656. The van der Waals surface area contributed by atoms with Gasteiger partial charge in [-0.3, -0.25) is 4.79 Å². The second-order valence-corrected chi connectivity index (χ2v) is 9.03. The molecule has 0 amide bonds. The monoisotopic (exact) mass is 475 g/mol. The molecule has 4 aromatic rings. The molecule has 0 bridgehead atoms. The fraction of sp³-hybridized carbons (Fsp3) is 0.296. The maximum atomic E-state index is 12.1. The highest BCUT2D eigenvalue weighted by molar-refractivity contribution is 8.00. The van der Waals surface area contributed by atoms with E-state index in [1.54, 1.807) is 18.1 Å². The van der Waals surface area contributed by atoms with Crippen LogP contribution in [0.3, 0.4) is 0 Å². The smallest absolute Gasteiger partial charge is 0.306 e. The van der Waals surface area contributed by atoms with E-state index in [1.807, 2.05) is 56.3 Å². The molecule has 0 spiro atoms. The molecule has 0 aliphatic carbocycles. The summed E-state index contributed by atoms with van der Waals surface area (Å²) >= 11 is 1.61. The molecule has 7 heteroatoms. The molecule has 0 saturated heterocycles. The summed E-state index contributed by atoms with van der Waals surface area (Å²) in [6.45, 7) is 6.90. The minimum atomic E-state index is -0.178. The van der Waals surface area contributed by atoms with Crippen LogP contribution in [0.15, 0.2) is 72.1 Å². The zero-order valence-electron chi connectivity index (χ0n) is 19.7. The summed E-state index contributed by atoms with van der Waals surface area (Å²) in [7, 11) is 0. The Balaban J connectivity index is 1.81. The lowest BCUT2D eigenvalue weighted by Gasteiger charge is -2.14. The van der Waals surface area contributed by atoms with Gasteiger partial charge in [0.15, 0.2) is 0 Å². The first-order valence-corrected chi connectivity index (χ1v) is 12.5. The van der Waals surface area contributed by atoms with Crippen molar-refractivity contribution >= 4 is 28.8 Å². The van der Waals surface area contributed by atoms with Crippen LogP contribution in [0.5, 0.6) is 5.75 Å². The van der Waals surface area contributed by atoms with E-state index in [-0.39, 0.29) is 11.2 Å². The normalized spacial score (nSPS) is 12.0. The first-order valence-electron chi connectivity index (χ1n) is 11.6. The van der Waals surface area contributed by atoms with Crippen LogP contribution in [0.25, 0.3) is 27.8 Å². The van der Waals surface area contributed by atoms with E-state index < -0.39 is 0 Å². The van der Waals surface area contributed by atoms with Crippen LogP contribution in [0.4, 0.5) is 0 Å². The van der Waals surface area contributed by atoms with Crippen molar-refractivity contribution in [2.75, 3.05) is 13.2 Å². The van der Waals surface area contributed by atoms with E-state index in [4.69, 9.17) is 9.47 Å². The highest BCUT2D eigenvalue weighted by Gasteiger charge is 2.21. The predicted molar refractivity (Wildman–Crippen MR) is 137 cm³/mol. The number of aromatic nitrogens is 3. The van der Waals surface area contributed by atoms with Gasteiger partial charge >= 0.3 is 5.97 Å². The number of esters is 1. The Bertz CT molecular complexity index is 1240. The third-order valence-corrected chi connectivity index (χ3v) is 6.86. The number of hydrogen-bond donors (Lipinski definition) is 0. The van der Waals surface area contributed by atoms with Crippen molar-refractivity contribution in [1.82, 2.24) is 14.5 Å². The fourth-order valence-corrected chi connectivity index (χ4v) is 4.99. The van der Waals surface area contributed by atoms with E-state index in [0.717, 1.165) is 45.0 Å². The zero-order chi connectivity index (χ0) is 23.9. The van der Waals surface area contributed by atoms with Gasteiger partial charge in [0.2, 0.25) is 0 Å². The van der Waals surface area contributed by atoms with Crippen molar-refractivity contribution in [3.05, 3.63) is 67.1 Å².